The molecule has 29 heavy (non-hydrogen) atoms. The highest BCUT2D eigenvalue weighted by Gasteiger charge is 2.25. The second-order valence-electron chi connectivity index (χ2n) is 6.88. The maximum atomic E-state index is 12.5. The van der Waals surface area contributed by atoms with Gasteiger partial charge in [0.25, 0.3) is 5.56 Å². The molecule has 0 aliphatic heterocycles. The van der Waals surface area contributed by atoms with Gasteiger partial charge in [-0.2, -0.15) is 5.10 Å². The number of ether oxygens (including phenoxy) is 1. The van der Waals surface area contributed by atoms with E-state index in [1.807, 2.05) is 30.3 Å². The zero-order valence-corrected chi connectivity index (χ0v) is 16.5. The van der Waals surface area contributed by atoms with Crippen LogP contribution in [-0.4, -0.2) is 24.7 Å². The van der Waals surface area contributed by atoms with Crippen LogP contribution < -0.4 is 15.0 Å². The Morgan fingerprint density at radius 3 is 2.34 bits per heavy atom. The number of para-hydroxylation sites is 1. The Labute approximate surface area is 169 Å². The first-order chi connectivity index (χ1) is 14.0. The molecular weight excluding hydrogens is 390 g/mol. The van der Waals surface area contributed by atoms with Gasteiger partial charge in [-0.15, -0.1) is 0 Å². The maximum Gasteiger partial charge on any atom is 0.266 e. The molecular formula is C21H21N3O4S. The quantitative estimate of drug-likeness (QED) is 0.616. The Kier molecular flexibility index (Phi) is 5.46. The Morgan fingerprint density at radius 2 is 1.66 bits per heavy atom. The van der Waals surface area contributed by atoms with Gasteiger partial charge in [0, 0.05) is 18.5 Å². The highest BCUT2D eigenvalue weighted by molar-refractivity contribution is 7.89. The zero-order valence-electron chi connectivity index (χ0n) is 15.7. The Bertz CT molecular complexity index is 1140. The van der Waals surface area contributed by atoms with Crippen molar-refractivity contribution in [3.05, 3.63) is 82.8 Å². The fraction of sp³-hybridized carbons (Fsp3) is 0.238. The first kappa shape index (κ1) is 19.4. The predicted molar refractivity (Wildman–Crippen MR) is 109 cm³/mol. The van der Waals surface area contributed by atoms with E-state index < -0.39 is 10.0 Å². The van der Waals surface area contributed by atoms with Crippen LogP contribution in [0.15, 0.2) is 76.4 Å². The number of sulfonamides is 1. The second kappa shape index (κ2) is 8.18. The Hall–Kier alpha value is -2.97. The third-order valence-corrected chi connectivity index (χ3v) is 6.09. The summed E-state index contributed by atoms with van der Waals surface area (Å²) in [5, 5.41) is 4.33. The molecule has 3 aromatic rings. The van der Waals surface area contributed by atoms with Crippen LogP contribution >= 0.6 is 0 Å². The zero-order chi connectivity index (χ0) is 20.3. The topological polar surface area (TPSA) is 90.3 Å². The predicted octanol–water partition coefficient (Wildman–Crippen LogP) is 2.89. The summed E-state index contributed by atoms with van der Waals surface area (Å²) >= 11 is 0. The molecule has 2 aromatic carbocycles. The van der Waals surface area contributed by atoms with Gasteiger partial charge in [-0.3, -0.25) is 4.79 Å². The number of hydrogen-bond donors (Lipinski definition) is 1. The SMILES string of the molecule is O=c1ccc(C2CC2)nn1CCNS(=O)(=O)c1ccc(Oc2ccccc2)cc1. The normalized spacial score (nSPS) is 13.9. The van der Waals surface area contributed by atoms with E-state index in [-0.39, 0.29) is 23.5 Å². The van der Waals surface area contributed by atoms with E-state index in [4.69, 9.17) is 4.74 Å². The van der Waals surface area contributed by atoms with Crippen molar-refractivity contribution in [2.45, 2.75) is 30.2 Å². The molecule has 0 amide bonds. The number of aromatic nitrogens is 2. The first-order valence-electron chi connectivity index (χ1n) is 9.42. The highest BCUT2D eigenvalue weighted by Crippen LogP contribution is 2.38. The fourth-order valence-electron chi connectivity index (χ4n) is 2.90. The largest absolute Gasteiger partial charge is 0.457 e. The average molecular weight is 411 g/mol. The van der Waals surface area contributed by atoms with Crippen LogP contribution in [0.25, 0.3) is 0 Å². The lowest BCUT2D eigenvalue weighted by Gasteiger charge is -2.10. The molecule has 150 valence electrons. The van der Waals surface area contributed by atoms with Crippen LogP contribution in [-0.2, 0) is 16.6 Å². The van der Waals surface area contributed by atoms with Gasteiger partial charge in [-0.05, 0) is 55.3 Å². The molecule has 0 atom stereocenters. The number of nitrogens with one attached hydrogen (secondary N) is 1. The van der Waals surface area contributed by atoms with Crippen molar-refractivity contribution in [3.63, 3.8) is 0 Å². The highest BCUT2D eigenvalue weighted by atomic mass is 32.2. The number of hydrogen-bond acceptors (Lipinski definition) is 5. The molecule has 1 aliphatic rings. The monoisotopic (exact) mass is 411 g/mol. The summed E-state index contributed by atoms with van der Waals surface area (Å²) in [6.45, 7) is 0.249. The van der Waals surface area contributed by atoms with Crippen molar-refractivity contribution in [2.24, 2.45) is 0 Å². The third kappa shape index (κ3) is 4.90. The van der Waals surface area contributed by atoms with Gasteiger partial charge >= 0.3 is 0 Å². The molecule has 1 N–H and O–H groups in total. The molecule has 0 radical (unpaired) electrons. The lowest BCUT2D eigenvalue weighted by Crippen LogP contribution is -2.32. The van der Waals surface area contributed by atoms with Crippen LogP contribution in [0.1, 0.15) is 24.5 Å². The summed E-state index contributed by atoms with van der Waals surface area (Å²) in [6, 6.07) is 18.7. The molecule has 1 aromatic heterocycles. The van der Waals surface area contributed by atoms with E-state index in [0.29, 0.717) is 17.4 Å². The van der Waals surface area contributed by atoms with E-state index in [0.717, 1.165) is 18.5 Å². The summed E-state index contributed by atoms with van der Waals surface area (Å²) in [6.07, 6.45) is 2.17. The van der Waals surface area contributed by atoms with Crippen LogP contribution in [0.5, 0.6) is 11.5 Å². The van der Waals surface area contributed by atoms with Crippen molar-refractivity contribution in [1.82, 2.24) is 14.5 Å². The van der Waals surface area contributed by atoms with E-state index in [9.17, 15) is 13.2 Å². The average Bonchev–Trinajstić information content (AvgIpc) is 3.56. The van der Waals surface area contributed by atoms with Gasteiger partial charge < -0.3 is 4.74 Å². The molecule has 0 spiro atoms. The summed E-state index contributed by atoms with van der Waals surface area (Å²) in [5.74, 6) is 1.64. The minimum absolute atomic E-state index is 0.0750. The Morgan fingerprint density at radius 1 is 0.966 bits per heavy atom. The van der Waals surface area contributed by atoms with Crippen molar-refractivity contribution >= 4 is 10.0 Å². The summed E-state index contributed by atoms with van der Waals surface area (Å²) < 4.78 is 34.5. The smallest absolute Gasteiger partial charge is 0.266 e. The molecule has 1 aliphatic carbocycles. The molecule has 8 heteroatoms. The van der Waals surface area contributed by atoms with Gasteiger partial charge in [0.05, 0.1) is 17.1 Å². The second-order valence-corrected chi connectivity index (χ2v) is 8.65. The van der Waals surface area contributed by atoms with Gasteiger partial charge in [0.1, 0.15) is 11.5 Å². The van der Waals surface area contributed by atoms with E-state index in [1.54, 1.807) is 18.2 Å². The number of rotatable bonds is 8. The van der Waals surface area contributed by atoms with Gasteiger partial charge in [-0.1, -0.05) is 18.2 Å². The molecule has 1 saturated carbocycles. The van der Waals surface area contributed by atoms with E-state index >= 15 is 0 Å². The van der Waals surface area contributed by atoms with Crippen LogP contribution in [0.3, 0.4) is 0 Å². The standard InChI is InChI=1S/C21H21N3O4S/c25-21-13-12-20(16-6-7-16)23-24(21)15-14-22-29(26,27)19-10-8-18(9-11-19)28-17-4-2-1-3-5-17/h1-5,8-13,16,22H,6-7,14-15H2. The number of nitrogens with zero attached hydrogens (tertiary/aromatic N) is 2. The molecule has 0 saturated heterocycles. The van der Waals surface area contributed by atoms with Crippen molar-refractivity contribution < 1.29 is 13.2 Å². The molecule has 0 bridgehead atoms. The van der Waals surface area contributed by atoms with Gasteiger partial charge in [0.15, 0.2) is 0 Å². The fourth-order valence-corrected chi connectivity index (χ4v) is 3.92. The lowest BCUT2D eigenvalue weighted by molar-refractivity contribution is 0.482. The molecule has 4 rings (SSSR count). The van der Waals surface area contributed by atoms with Crippen LogP contribution in [0.2, 0.25) is 0 Å². The summed E-state index contributed by atoms with van der Waals surface area (Å²) in [7, 11) is -3.70. The first-order valence-corrected chi connectivity index (χ1v) is 10.9. The van der Waals surface area contributed by atoms with Crippen LogP contribution in [0.4, 0.5) is 0 Å². The van der Waals surface area contributed by atoms with Crippen molar-refractivity contribution in [2.75, 3.05) is 6.54 Å². The van der Waals surface area contributed by atoms with Crippen LogP contribution in [0, 0.1) is 0 Å². The van der Waals surface area contributed by atoms with E-state index in [1.165, 1.54) is 22.9 Å². The summed E-state index contributed by atoms with van der Waals surface area (Å²) in [5.41, 5.74) is 0.650. The van der Waals surface area contributed by atoms with Gasteiger partial charge in [0.2, 0.25) is 10.0 Å². The van der Waals surface area contributed by atoms with Crippen molar-refractivity contribution in [1.29, 1.82) is 0 Å². The van der Waals surface area contributed by atoms with Crippen molar-refractivity contribution in [3.8, 4) is 11.5 Å². The number of benzene rings is 2. The lowest BCUT2D eigenvalue weighted by atomic mass is 10.3. The summed E-state index contributed by atoms with van der Waals surface area (Å²) in [4.78, 5) is 12.1. The minimum atomic E-state index is -3.70. The minimum Gasteiger partial charge on any atom is -0.457 e. The molecule has 0 unspecified atom stereocenters. The molecule has 1 fully saturated rings. The third-order valence-electron chi connectivity index (χ3n) is 4.61. The maximum absolute atomic E-state index is 12.5. The molecule has 1 heterocycles. The van der Waals surface area contributed by atoms with Gasteiger partial charge in [-0.25, -0.2) is 17.8 Å². The van der Waals surface area contributed by atoms with E-state index in [2.05, 4.69) is 9.82 Å². The molecule has 7 nitrogen and oxygen atoms in total. The Balaban J connectivity index is 1.37.